The molecule has 0 bridgehead atoms. The molecular formula is C16H23N3O2. The van der Waals surface area contributed by atoms with E-state index in [1.165, 1.54) is 0 Å². The number of nitrogens with one attached hydrogen (secondary N) is 2. The van der Waals surface area contributed by atoms with Gasteiger partial charge in [-0.25, -0.2) is 0 Å². The molecule has 3 atom stereocenters. The summed E-state index contributed by atoms with van der Waals surface area (Å²) >= 11 is 0. The Labute approximate surface area is 125 Å². The van der Waals surface area contributed by atoms with Crippen LogP contribution < -0.4 is 15.6 Å². The maximum absolute atomic E-state index is 12.6. The Bertz CT molecular complexity index is 520. The zero-order valence-electron chi connectivity index (χ0n) is 12.6. The molecule has 2 heterocycles. The molecule has 21 heavy (non-hydrogen) atoms. The molecule has 0 aliphatic carbocycles. The Morgan fingerprint density at radius 3 is 3.00 bits per heavy atom. The summed E-state index contributed by atoms with van der Waals surface area (Å²) in [5, 5.41) is 0. The largest absolute Gasteiger partial charge is 0.492 e. The number of hydrogen-bond acceptors (Lipinski definition) is 4. The summed E-state index contributed by atoms with van der Waals surface area (Å²) in [5.74, 6) is 1.49. The van der Waals surface area contributed by atoms with Crippen LogP contribution in [-0.2, 0) is 11.2 Å². The summed E-state index contributed by atoms with van der Waals surface area (Å²) in [6, 6.07) is 8.37. The van der Waals surface area contributed by atoms with Crippen molar-refractivity contribution in [2.24, 2.45) is 11.8 Å². The van der Waals surface area contributed by atoms with Crippen LogP contribution in [0.2, 0.25) is 0 Å². The van der Waals surface area contributed by atoms with Crippen LogP contribution >= 0.6 is 0 Å². The molecule has 0 aromatic heterocycles. The van der Waals surface area contributed by atoms with Gasteiger partial charge in [0.2, 0.25) is 5.91 Å². The zero-order chi connectivity index (χ0) is 14.8. The normalized spacial score (nSPS) is 27.8. The molecule has 5 heteroatoms. The third-order valence-corrected chi connectivity index (χ3v) is 4.51. The maximum Gasteiger partial charge on any atom is 0.229 e. The SMILES string of the molecule is CC1NNCC1CN(C)C(=O)C1COc2ccccc2C1. The van der Waals surface area contributed by atoms with Crippen LogP contribution in [0.25, 0.3) is 0 Å². The number of carbonyl (C=O) groups is 1. The number of ether oxygens (including phenoxy) is 1. The minimum atomic E-state index is -0.0671. The molecule has 2 N–H and O–H groups in total. The average molecular weight is 289 g/mol. The van der Waals surface area contributed by atoms with Crippen LogP contribution in [0.15, 0.2) is 24.3 Å². The van der Waals surface area contributed by atoms with Gasteiger partial charge in [0.15, 0.2) is 0 Å². The van der Waals surface area contributed by atoms with Gasteiger partial charge in [-0.05, 0) is 25.0 Å². The van der Waals surface area contributed by atoms with E-state index >= 15 is 0 Å². The molecule has 1 aromatic carbocycles. The second kappa shape index (κ2) is 6.03. The van der Waals surface area contributed by atoms with Crippen molar-refractivity contribution >= 4 is 5.91 Å². The molecule has 1 amide bonds. The number of para-hydroxylation sites is 1. The number of benzene rings is 1. The van der Waals surface area contributed by atoms with Crippen molar-refractivity contribution in [1.82, 2.24) is 15.8 Å². The number of nitrogens with zero attached hydrogens (tertiary/aromatic N) is 1. The van der Waals surface area contributed by atoms with Crippen molar-refractivity contribution in [3.63, 3.8) is 0 Å². The van der Waals surface area contributed by atoms with E-state index in [2.05, 4.69) is 17.8 Å². The van der Waals surface area contributed by atoms with Crippen molar-refractivity contribution < 1.29 is 9.53 Å². The molecule has 3 unspecified atom stereocenters. The maximum atomic E-state index is 12.6. The van der Waals surface area contributed by atoms with Crippen molar-refractivity contribution in [3.05, 3.63) is 29.8 Å². The topological polar surface area (TPSA) is 53.6 Å². The van der Waals surface area contributed by atoms with E-state index in [0.717, 1.165) is 30.8 Å². The summed E-state index contributed by atoms with van der Waals surface area (Å²) in [4.78, 5) is 14.5. The van der Waals surface area contributed by atoms with Gasteiger partial charge < -0.3 is 9.64 Å². The lowest BCUT2D eigenvalue weighted by Gasteiger charge is -2.30. The predicted molar refractivity (Wildman–Crippen MR) is 80.9 cm³/mol. The number of hydrogen-bond donors (Lipinski definition) is 2. The fourth-order valence-electron chi connectivity index (χ4n) is 3.11. The van der Waals surface area contributed by atoms with Gasteiger partial charge in [-0.2, -0.15) is 0 Å². The van der Waals surface area contributed by atoms with Crippen LogP contribution in [0, 0.1) is 11.8 Å². The Kier molecular flexibility index (Phi) is 4.12. The van der Waals surface area contributed by atoms with E-state index < -0.39 is 0 Å². The van der Waals surface area contributed by atoms with Gasteiger partial charge in [0.1, 0.15) is 12.4 Å². The van der Waals surface area contributed by atoms with Crippen LogP contribution in [0.3, 0.4) is 0 Å². The molecule has 114 valence electrons. The lowest BCUT2D eigenvalue weighted by atomic mass is 9.95. The van der Waals surface area contributed by atoms with E-state index in [4.69, 9.17) is 4.74 Å². The smallest absolute Gasteiger partial charge is 0.229 e. The number of carbonyl (C=O) groups excluding carboxylic acids is 1. The van der Waals surface area contributed by atoms with E-state index in [-0.39, 0.29) is 11.8 Å². The van der Waals surface area contributed by atoms with Gasteiger partial charge in [-0.3, -0.25) is 15.6 Å². The molecule has 2 aliphatic heterocycles. The van der Waals surface area contributed by atoms with Gasteiger partial charge in [0.25, 0.3) is 0 Å². The Morgan fingerprint density at radius 1 is 1.43 bits per heavy atom. The number of amides is 1. The molecule has 5 nitrogen and oxygen atoms in total. The highest BCUT2D eigenvalue weighted by molar-refractivity contribution is 5.79. The number of hydrazine groups is 1. The van der Waals surface area contributed by atoms with Crippen molar-refractivity contribution in [2.45, 2.75) is 19.4 Å². The summed E-state index contributed by atoms with van der Waals surface area (Å²) in [6.45, 7) is 4.31. The lowest BCUT2D eigenvalue weighted by Crippen LogP contribution is -2.42. The van der Waals surface area contributed by atoms with Crippen molar-refractivity contribution in [2.75, 3.05) is 26.7 Å². The molecule has 0 saturated carbocycles. The van der Waals surface area contributed by atoms with Gasteiger partial charge in [-0.15, -0.1) is 0 Å². The summed E-state index contributed by atoms with van der Waals surface area (Å²) in [7, 11) is 1.90. The molecule has 0 spiro atoms. The average Bonchev–Trinajstić information content (AvgIpc) is 2.91. The number of fused-ring (bicyclic) bond motifs is 1. The molecule has 1 saturated heterocycles. The first kappa shape index (κ1) is 14.4. The van der Waals surface area contributed by atoms with E-state index in [9.17, 15) is 4.79 Å². The molecule has 1 aromatic rings. The third kappa shape index (κ3) is 3.04. The Balaban J connectivity index is 1.60. The molecule has 1 fully saturated rings. The van der Waals surface area contributed by atoms with Gasteiger partial charge in [-0.1, -0.05) is 18.2 Å². The predicted octanol–water partition coefficient (Wildman–Crippen LogP) is 0.809. The fourth-order valence-corrected chi connectivity index (χ4v) is 3.11. The van der Waals surface area contributed by atoms with Gasteiger partial charge >= 0.3 is 0 Å². The van der Waals surface area contributed by atoms with Crippen molar-refractivity contribution in [1.29, 1.82) is 0 Å². The Morgan fingerprint density at radius 2 is 2.24 bits per heavy atom. The second-order valence-electron chi connectivity index (χ2n) is 6.11. The number of rotatable bonds is 3. The van der Waals surface area contributed by atoms with E-state index in [0.29, 0.717) is 18.6 Å². The first-order chi connectivity index (χ1) is 10.1. The van der Waals surface area contributed by atoms with Crippen LogP contribution in [0.1, 0.15) is 12.5 Å². The lowest BCUT2D eigenvalue weighted by molar-refractivity contribution is -0.136. The third-order valence-electron chi connectivity index (χ3n) is 4.51. The van der Waals surface area contributed by atoms with Crippen molar-refractivity contribution in [3.8, 4) is 5.75 Å². The second-order valence-corrected chi connectivity index (χ2v) is 6.11. The zero-order valence-corrected chi connectivity index (χ0v) is 12.6. The highest BCUT2D eigenvalue weighted by atomic mass is 16.5. The van der Waals surface area contributed by atoms with E-state index in [1.54, 1.807) is 0 Å². The molecule has 2 aliphatic rings. The summed E-state index contributed by atoms with van der Waals surface area (Å²) in [6.07, 6.45) is 0.774. The first-order valence-electron chi connectivity index (χ1n) is 7.59. The molecule has 3 rings (SSSR count). The fraction of sp³-hybridized carbons (Fsp3) is 0.562. The molecular weight excluding hydrogens is 266 g/mol. The van der Waals surface area contributed by atoms with Crippen LogP contribution in [0.4, 0.5) is 0 Å². The monoisotopic (exact) mass is 289 g/mol. The van der Waals surface area contributed by atoms with Gasteiger partial charge in [0.05, 0.1) is 5.92 Å². The molecule has 0 radical (unpaired) electrons. The summed E-state index contributed by atoms with van der Waals surface area (Å²) in [5.41, 5.74) is 7.47. The highest BCUT2D eigenvalue weighted by Crippen LogP contribution is 2.27. The minimum Gasteiger partial charge on any atom is -0.492 e. The minimum absolute atomic E-state index is 0.0671. The standard InChI is InChI=1S/C16H23N3O2/c1-11-14(8-17-18-11)9-19(2)16(20)13-7-12-5-3-4-6-15(12)21-10-13/h3-6,11,13-14,17-18H,7-10H2,1-2H3. The quantitative estimate of drug-likeness (QED) is 0.864. The Hall–Kier alpha value is -1.59. The van der Waals surface area contributed by atoms with Gasteiger partial charge in [0, 0.05) is 32.1 Å². The van der Waals surface area contributed by atoms with Crippen LogP contribution in [0.5, 0.6) is 5.75 Å². The van der Waals surface area contributed by atoms with E-state index in [1.807, 2.05) is 36.2 Å². The summed E-state index contributed by atoms with van der Waals surface area (Å²) < 4.78 is 5.73. The highest BCUT2D eigenvalue weighted by Gasteiger charge is 2.31. The van der Waals surface area contributed by atoms with Crippen LogP contribution in [-0.4, -0.2) is 43.6 Å². The first-order valence-corrected chi connectivity index (χ1v) is 7.59.